The minimum Gasteiger partial charge on any atom is -0.268 e. The summed E-state index contributed by atoms with van der Waals surface area (Å²) in [5, 5.41) is 8.55. The molecule has 0 bridgehead atoms. The van der Waals surface area contributed by atoms with E-state index in [0.29, 0.717) is 16.7 Å². The topological polar surface area (TPSA) is 61.2 Å². The first-order valence-electron chi connectivity index (χ1n) is 7.17. The van der Waals surface area contributed by atoms with Crippen molar-refractivity contribution in [3.63, 3.8) is 0 Å². The van der Waals surface area contributed by atoms with Gasteiger partial charge in [-0.1, -0.05) is 29.8 Å². The fourth-order valence-corrected chi connectivity index (χ4v) is 3.33. The highest BCUT2D eigenvalue weighted by molar-refractivity contribution is 8.18. The number of benzene rings is 2. The Balaban J connectivity index is 1.82. The van der Waals surface area contributed by atoms with Crippen molar-refractivity contribution < 1.29 is 14.0 Å². The molecule has 1 saturated heterocycles. The normalized spacial score (nSPS) is 15.7. The van der Waals surface area contributed by atoms with Gasteiger partial charge in [-0.3, -0.25) is 14.5 Å². The largest absolute Gasteiger partial charge is 0.293 e. The molecular formula is C18H10ClFN2O2S. The predicted molar refractivity (Wildman–Crippen MR) is 94.1 cm³/mol. The first-order chi connectivity index (χ1) is 12.0. The second kappa shape index (κ2) is 7.09. The molecule has 0 radical (unpaired) electrons. The lowest BCUT2D eigenvalue weighted by Crippen LogP contribution is -2.27. The second-order valence-corrected chi connectivity index (χ2v) is 6.64. The summed E-state index contributed by atoms with van der Waals surface area (Å²) in [5.74, 6) is -0.914. The molecule has 2 aromatic carbocycles. The summed E-state index contributed by atoms with van der Waals surface area (Å²) in [7, 11) is 0. The van der Waals surface area contributed by atoms with Crippen LogP contribution in [-0.2, 0) is 11.3 Å². The van der Waals surface area contributed by atoms with E-state index in [1.54, 1.807) is 30.3 Å². The average Bonchev–Trinajstić information content (AvgIpc) is 2.85. The Kier molecular flexibility index (Phi) is 4.88. The van der Waals surface area contributed by atoms with Crippen LogP contribution >= 0.6 is 23.4 Å². The highest BCUT2D eigenvalue weighted by Crippen LogP contribution is 2.34. The van der Waals surface area contributed by atoms with Crippen LogP contribution in [0.15, 0.2) is 47.4 Å². The molecule has 0 unspecified atom stereocenters. The number of carbonyl (C=O) groups is 2. The molecule has 4 nitrogen and oxygen atoms in total. The lowest BCUT2D eigenvalue weighted by Gasteiger charge is -2.13. The predicted octanol–water partition coefficient (Wildman–Crippen LogP) is 4.59. The molecule has 0 N–H and O–H groups in total. The van der Waals surface area contributed by atoms with Gasteiger partial charge in [-0.25, -0.2) is 4.39 Å². The zero-order valence-electron chi connectivity index (χ0n) is 12.7. The van der Waals surface area contributed by atoms with E-state index >= 15 is 0 Å². The van der Waals surface area contributed by atoms with Gasteiger partial charge in [0.2, 0.25) is 0 Å². The number of halogens is 2. The van der Waals surface area contributed by atoms with Crippen molar-refractivity contribution in [2.75, 3.05) is 0 Å². The number of hydrogen-bond acceptors (Lipinski definition) is 4. The summed E-state index contributed by atoms with van der Waals surface area (Å²) in [4.78, 5) is 26.0. The van der Waals surface area contributed by atoms with Gasteiger partial charge in [0.25, 0.3) is 11.1 Å². The molecule has 7 heteroatoms. The zero-order valence-corrected chi connectivity index (χ0v) is 14.3. The molecular weight excluding hydrogens is 363 g/mol. The summed E-state index contributed by atoms with van der Waals surface area (Å²) in [6, 6.07) is 12.5. The Morgan fingerprint density at radius 3 is 2.56 bits per heavy atom. The number of amides is 2. The van der Waals surface area contributed by atoms with Crippen molar-refractivity contribution in [2.24, 2.45) is 0 Å². The van der Waals surface area contributed by atoms with Gasteiger partial charge in [-0.05, 0) is 53.2 Å². The van der Waals surface area contributed by atoms with Crippen LogP contribution in [-0.4, -0.2) is 16.0 Å². The van der Waals surface area contributed by atoms with Crippen LogP contribution in [0.1, 0.15) is 16.7 Å². The number of hydrogen-bond donors (Lipinski definition) is 0. The van der Waals surface area contributed by atoms with E-state index in [1.807, 2.05) is 6.07 Å². The summed E-state index contributed by atoms with van der Waals surface area (Å²) in [5.41, 5.74) is 1.71. The van der Waals surface area contributed by atoms with Crippen LogP contribution in [0.4, 0.5) is 9.18 Å². The summed E-state index contributed by atoms with van der Waals surface area (Å²) >= 11 is 6.79. The quantitative estimate of drug-likeness (QED) is 0.739. The summed E-state index contributed by atoms with van der Waals surface area (Å²) < 4.78 is 13.1. The molecule has 124 valence electrons. The first kappa shape index (κ1) is 17.2. The minimum absolute atomic E-state index is 0.0194. The van der Waals surface area contributed by atoms with E-state index in [0.717, 1.165) is 22.7 Å². The van der Waals surface area contributed by atoms with E-state index in [-0.39, 0.29) is 16.5 Å². The molecule has 2 aromatic rings. The van der Waals surface area contributed by atoms with Crippen molar-refractivity contribution in [1.82, 2.24) is 4.90 Å². The molecule has 0 atom stereocenters. The number of thioether (sulfide) groups is 1. The van der Waals surface area contributed by atoms with E-state index in [4.69, 9.17) is 16.9 Å². The molecule has 1 heterocycles. The van der Waals surface area contributed by atoms with E-state index < -0.39 is 17.0 Å². The van der Waals surface area contributed by atoms with Gasteiger partial charge >= 0.3 is 0 Å². The molecule has 0 aromatic heterocycles. The SMILES string of the molecule is N#Cc1ccc(C=C2SC(=O)N(Cc3ccc(F)cc3Cl)C2=O)cc1. The lowest BCUT2D eigenvalue weighted by molar-refractivity contribution is -0.123. The highest BCUT2D eigenvalue weighted by Gasteiger charge is 2.35. The van der Waals surface area contributed by atoms with Crippen molar-refractivity contribution >= 4 is 40.6 Å². The van der Waals surface area contributed by atoms with Crippen LogP contribution in [0.2, 0.25) is 5.02 Å². The van der Waals surface area contributed by atoms with Gasteiger partial charge in [0, 0.05) is 5.02 Å². The van der Waals surface area contributed by atoms with Gasteiger partial charge in [0.05, 0.1) is 23.1 Å². The lowest BCUT2D eigenvalue weighted by atomic mass is 10.1. The van der Waals surface area contributed by atoms with Gasteiger partial charge in [0.1, 0.15) is 5.82 Å². The van der Waals surface area contributed by atoms with Crippen LogP contribution in [0.5, 0.6) is 0 Å². The van der Waals surface area contributed by atoms with E-state index in [1.165, 1.54) is 12.1 Å². The maximum absolute atomic E-state index is 13.1. The maximum Gasteiger partial charge on any atom is 0.293 e. The standard InChI is InChI=1S/C18H10ClFN2O2S/c19-15-8-14(20)6-5-13(15)10-22-17(23)16(25-18(22)24)7-11-1-3-12(9-21)4-2-11/h1-8H,10H2. The zero-order chi connectivity index (χ0) is 18.0. The second-order valence-electron chi connectivity index (χ2n) is 5.24. The Labute approximate surface area is 152 Å². The number of rotatable bonds is 3. The Bertz CT molecular complexity index is 935. The van der Waals surface area contributed by atoms with Crippen molar-refractivity contribution in [1.29, 1.82) is 5.26 Å². The van der Waals surface area contributed by atoms with Crippen molar-refractivity contribution in [3.05, 3.63) is 74.9 Å². The van der Waals surface area contributed by atoms with Crippen LogP contribution in [0, 0.1) is 17.1 Å². The minimum atomic E-state index is -0.483. The molecule has 2 amide bonds. The highest BCUT2D eigenvalue weighted by atomic mass is 35.5. The third-order valence-corrected chi connectivity index (χ3v) is 4.81. The van der Waals surface area contributed by atoms with Gasteiger partial charge in [0.15, 0.2) is 0 Å². The Hall–Kier alpha value is -2.62. The first-order valence-corrected chi connectivity index (χ1v) is 8.37. The van der Waals surface area contributed by atoms with Crippen molar-refractivity contribution in [3.8, 4) is 6.07 Å². The Morgan fingerprint density at radius 2 is 1.92 bits per heavy atom. The molecule has 1 aliphatic rings. The van der Waals surface area contributed by atoms with Gasteiger partial charge in [-0.15, -0.1) is 0 Å². The third-order valence-electron chi connectivity index (χ3n) is 3.55. The molecule has 25 heavy (non-hydrogen) atoms. The number of carbonyl (C=O) groups excluding carboxylic acids is 2. The molecule has 1 aliphatic heterocycles. The monoisotopic (exact) mass is 372 g/mol. The third kappa shape index (κ3) is 3.73. The summed E-state index contributed by atoms with van der Waals surface area (Å²) in [6.45, 7) is -0.0194. The molecule has 3 rings (SSSR count). The fourth-order valence-electron chi connectivity index (χ4n) is 2.26. The van der Waals surface area contributed by atoms with Crippen LogP contribution in [0.25, 0.3) is 6.08 Å². The van der Waals surface area contributed by atoms with E-state index in [9.17, 15) is 14.0 Å². The average molecular weight is 373 g/mol. The smallest absolute Gasteiger partial charge is 0.268 e. The number of nitriles is 1. The number of nitrogens with zero attached hydrogens (tertiary/aromatic N) is 2. The van der Waals surface area contributed by atoms with Crippen LogP contribution < -0.4 is 0 Å². The Morgan fingerprint density at radius 1 is 1.20 bits per heavy atom. The number of imide groups is 1. The summed E-state index contributed by atoms with van der Waals surface area (Å²) in [6.07, 6.45) is 1.60. The van der Waals surface area contributed by atoms with Gasteiger partial charge in [-0.2, -0.15) is 5.26 Å². The van der Waals surface area contributed by atoms with Crippen LogP contribution in [0.3, 0.4) is 0 Å². The van der Waals surface area contributed by atoms with E-state index in [2.05, 4.69) is 0 Å². The molecule has 0 spiro atoms. The molecule has 1 fully saturated rings. The molecule has 0 aliphatic carbocycles. The maximum atomic E-state index is 13.1. The van der Waals surface area contributed by atoms with Gasteiger partial charge < -0.3 is 0 Å². The van der Waals surface area contributed by atoms with Crippen molar-refractivity contribution in [2.45, 2.75) is 6.54 Å². The fraction of sp³-hybridized carbons (Fsp3) is 0.0556. The molecule has 0 saturated carbocycles.